The van der Waals surface area contributed by atoms with Crippen LogP contribution in [0.5, 0.6) is 0 Å². The van der Waals surface area contributed by atoms with E-state index in [1.165, 1.54) is 4.88 Å². The zero-order valence-corrected chi connectivity index (χ0v) is 20.4. The zero-order valence-electron chi connectivity index (χ0n) is 17.2. The summed E-state index contributed by atoms with van der Waals surface area (Å²) in [6.45, 7) is 6.61. The van der Waals surface area contributed by atoms with Crippen LogP contribution in [0.2, 0.25) is 0 Å². The van der Waals surface area contributed by atoms with Gasteiger partial charge in [-0.15, -0.1) is 45.5 Å². The first-order valence-corrected chi connectivity index (χ1v) is 10.6. The van der Waals surface area contributed by atoms with Gasteiger partial charge in [0.2, 0.25) is 5.91 Å². The molecule has 3 rings (SSSR count). The number of amides is 1. The largest absolute Gasteiger partial charge is 0.356 e. The molecule has 2 aromatic heterocycles. The van der Waals surface area contributed by atoms with Gasteiger partial charge in [-0.3, -0.25) is 4.79 Å². The van der Waals surface area contributed by atoms with Gasteiger partial charge in [0.15, 0.2) is 11.8 Å². The molecule has 1 unspecified atom stereocenters. The highest BCUT2D eigenvalue weighted by atomic mass is 127. The quantitative estimate of drug-likeness (QED) is 0.325. The van der Waals surface area contributed by atoms with Crippen LogP contribution < -0.4 is 10.6 Å². The van der Waals surface area contributed by atoms with E-state index < -0.39 is 0 Å². The average molecular weight is 531 g/mol. The molecular weight excluding hydrogens is 501 g/mol. The number of nitrogens with one attached hydrogen (secondary N) is 2. The molecule has 29 heavy (non-hydrogen) atoms. The predicted octanol–water partition coefficient (Wildman–Crippen LogP) is 2.09. The lowest BCUT2D eigenvalue weighted by Crippen LogP contribution is -2.45. The van der Waals surface area contributed by atoms with Crippen molar-refractivity contribution >= 4 is 47.2 Å². The number of carbonyl (C=O) groups is 1. The highest BCUT2D eigenvalue weighted by Crippen LogP contribution is 2.11. The number of thiophene rings is 1. The minimum Gasteiger partial charge on any atom is -0.356 e. The molecule has 0 spiro atoms. The number of halogens is 1. The number of guanidine groups is 1. The van der Waals surface area contributed by atoms with E-state index in [4.69, 9.17) is 4.99 Å². The van der Waals surface area contributed by atoms with Gasteiger partial charge in [-0.25, -0.2) is 4.99 Å². The second-order valence-electron chi connectivity index (χ2n) is 6.97. The van der Waals surface area contributed by atoms with Crippen LogP contribution in [0, 0.1) is 6.92 Å². The first-order chi connectivity index (χ1) is 13.6. The van der Waals surface area contributed by atoms with Gasteiger partial charge >= 0.3 is 0 Å². The van der Waals surface area contributed by atoms with E-state index in [1.807, 2.05) is 30.4 Å². The topological polar surface area (TPSA) is 87.4 Å². The monoisotopic (exact) mass is 531 g/mol. The molecule has 1 amide bonds. The third-order valence-electron chi connectivity index (χ3n) is 4.99. The lowest BCUT2D eigenvalue weighted by molar-refractivity contribution is -0.129. The fraction of sp³-hybridized carbons (Fsp3) is 0.579. The van der Waals surface area contributed by atoms with Crippen LogP contribution in [-0.4, -0.2) is 57.2 Å². The summed E-state index contributed by atoms with van der Waals surface area (Å²) in [7, 11) is 1.95. The summed E-state index contributed by atoms with van der Waals surface area (Å²) < 4.78 is 1.95. The molecular formula is C19H30IN7OS. The fourth-order valence-electron chi connectivity index (χ4n) is 3.17. The van der Waals surface area contributed by atoms with Crippen molar-refractivity contribution in [3.05, 3.63) is 34.0 Å². The van der Waals surface area contributed by atoms with Crippen LogP contribution in [-0.2, 0) is 24.8 Å². The molecule has 10 heteroatoms. The summed E-state index contributed by atoms with van der Waals surface area (Å²) >= 11 is 1.76. The average Bonchev–Trinajstić information content (AvgIpc) is 3.43. The molecule has 0 saturated carbocycles. The van der Waals surface area contributed by atoms with Gasteiger partial charge in [0.1, 0.15) is 12.4 Å². The number of hydrogen-bond acceptors (Lipinski definition) is 5. The highest BCUT2D eigenvalue weighted by Gasteiger charge is 2.25. The fourth-order valence-corrected chi connectivity index (χ4v) is 3.88. The Hall–Kier alpha value is -1.69. The minimum atomic E-state index is 0. The van der Waals surface area contributed by atoms with Crippen molar-refractivity contribution in [1.82, 2.24) is 30.3 Å². The van der Waals surface area contributed by atoms with E-state index in [0.717, 1.165) is 50.1 Å². The second kappa shape index (κ2) is 11.5. The van der Waals surface area contributed by atoms with Crippen molar-refractivity contribution < 1.29 is 4.79 Å². The van der Waals surface area contributed by atoms with E-state index in [2.05, 4.69) is 38.3 Å². The zero-order chi connectivity index (χ0) is 19.9. The first kappa shape index (κ1) is 23.6. The molecule has 8 nitrogen and oxygen atoms in total. The smallest absolute Gasteiger partial charge is 0.222 e. The van der Waals surface area contributed by atoms with Crippen LogP contribution in [0.3, 0.4) is 0 Å². The van der Waals surface area contributed by atoms with Gasteiger partial charge in [0.25, 0.3) is 0 Å². The van der Waals surface area contributed by atoms with Gasteiger partial charge in [-0.2, -0.15) is 0 Å². The van der Waals surface area contributed by atoms with Crippen molar-refractivity contribution in [3.63, 3.8) is 0 Å². The molecule has 0 aliphatic carbocycles. The van der Waals surface area contributed by atoms with Gasteiger partial charge < -0.3 is 20.1 Å². The number of aromatic nitrogens is 3. The number of rotatable bonds is 7. The number of likely N-dealkylation sites (tertiary alicyclic amines) is 1. The summed E-state index contributed by atoms with van der Waals surface area (Å²) in [4.78, 5) is 19.9. The molecule has 0 aromatic carbocycles. The number of hydrogen-bond donors (Lipinski definition) is 2. The Labute approximate surface area is 193 Å². The van der Waals surface area contributed by atoms with Crippen molar-refractivity contribution in [2.45, 2.75) is 45.7 Å². The molecule has 2 N–H and O–H groups in total. The highest BCUT2D eigenvalue weighted by molar-refractivity contribution is 14.0. The molecule has 1 atom stereocenters. The lowest BCUT2D eigenvalue weighted by atomic mass is 10.3. The number of carbonyl (C=O) groups excluding carboxylic acids is 1. The number of aryl methyl sites for hydroxylation is 1. The summed E-state index contributed by atoms with van der Waals surface area (Å²) in [5, 5.41) is 17.3. The van der Waals surface area contributed by atoms with E-state index in [0.29, 0.717) is 13.0 Å². The third-order valence-corrected chi connectivity index (χ3v) is 5.93. The van der Waals surface area contributed by atoms with E-state index in [1.54, 1.807) is 11.3 Å². The summed E-state index contributed by atoms with van der Waals surface area (Å²) in [5.74, 6) is 2.66. The number of aliphatic imine (C=N–C) groups is 1. The first-order valence-electron chi connectivity index (χ1n) is 9.76. The Balaban J connectivity index is 0.00000300. The number of nitrogens with zero attached hydrogens (tertiary/aromatic N) is 5. The molecule has 160 valence electrons. The lowest BCUT2D eigenvalue weighted by Gasteiger charge is -2.19. The maximum atomic E-state index is 11.9. The Morgan fingerprint density at radius 1 is 1.41 bits per heavy atom. The van der Waals surface area contributed by atoms with Gasteiger partial charge in [-0.05, 0) is 31.2 Å². The maximum Gasteiger partial charge on any atom is 0.222 e. The summed E-state index contributed by atoms with van der Waals surface area (Å²) in [5.41, 5.74) is 0. The van der Waals surface area contributed by atoms with Crippen molar-refractivity contribution in [3.8, 4) is 0 Å². The second-order valence-corrected chi connectivity index (χ2v) is 8.00. The van der Waals surface area contributed by atoms with Crippen LogP contribution in [0.4, 0.5) is 0 Å². The Morgan fingerprint density at radius 2 is 2.24 bits per heavy atom. The third kappa shape index (κ3) is 6.66. The van der Waals surface area contributed by atoms with Crippen LogP contribution in [0.15, 0.2) is 22.5 Å². The Kier molecular flexibility index (Phi) is 9.34. The molecule has 0 radical (unpaired) electrons. The molecule has 0 bridgehead atoms. The Morgan fingerprint density at radius 3 is 2.90 bits per heavy atom. The van der Waals surface area contributed by atoms with Gasteiger partial charge in [0.05, 0.1) is 0 Å². The standard InChI is InChI=1S/C19H29N7OS.HI/c1-4-18(27)26-10-8-15(13-26)22-19(20-9-7-16-6-5-11-28-16)21-12-17-24-23-14(2)25(17)3;/h5-6,11,15H,4,7-10,12-13H2,1-3H3,(H2,20,21,22);1H. The minimum absolute atomic E-state index is 0. The van der Waals surface area contributed by atoms with Gasteiger partial charge in [0, 0.05) is 44.0 Å². The van der Waals surface area contributed by atoms with Crippen molar-refractivity contribution in [1.29, 1.82) is 0 Å². The van der Waals surface area contributed by atoms with Crippen molar-refractivity contribution in [2.24, 2.45) is 12.0 Å². The molecule has 3 heterocycles. The molecule has 2 aromatic rings. The van der Waals surface area contributed by atoms with Crippen LogP contribution >= 0.6 is 35.3 Å². The van der Waals surface area contributed by atoms with E-state index in [9.17, 15) is 4.79 Å². The Bertz CT molecular complexity index is 806. The molecule has 1 fully saturated rings. The normalized spacial score (nSPS) is 16.6. The summed E-state index contributed by atoms with van der Waals surface area (Å²) in [6.07, 6.45) is 2.44. The SMILES string of the molecule is CCC(=O)N1CCC(NC(=NCc2nnc(C)n2C)NCCc2cccs2)C1.I. The predicted molar refractivity (Wildman–Crippen MR) is 127 cm³/mol. The van der Waals surface area contributed by atoms with Crippen LogP contribution in [0.25, 0.3) is 0 Å². The van der Waals surface area contributed by atoms with Gasteiger partial charge in [-0.1, -0.05) is 13.0 Å². The maximum absolute atomic E-state index is 11.9. The van der Waals surface area contributed by atoms with Crippen LogP contribution in [0.1, 0.15) is 36.3 Å². The van der Waals surface area contributed by atoms with Crippen molar-refractivity contribution in [2.75, 3.05) is 19.6 Å². The summed E-state index contributed by atoms with van der Waals surface area (Å²) in [6, 6.07) is 4.43. The molecule has 1 aliphatic heterocycles. The molecule has 1 aliphatic rings. The van der Waals surface area contributed by atoms with E-state index in [-0.39, 0.29) is 35.9 Å². The molecule has 1 saturated heterocycles. The van der Waals surface area contributed by atoms with E-state index >= 15 is 0 Å².